The summed E-state index contributed by atoms with van der Waals surface area (Å²) in [7, 11) is 2.98. The molecule has 0 saturated heterocycles. The van der Waals surface area contributed by atoms with Gasteiger partial charge in [0.2, 0.25) is 0 Å². The number of rotatable bonds is 7. The van der Waals surface area contributed by atoms with Gasteiger partial charge in [0.25, 0.3) is 5.91 Å². The number of ether oxygens (including phenoxy) is 3. The molecule has 1 N–H and O–H groups in total. The maximum atomic E-state index is 12.0. The van der Waals surface area contributed by atoms with Crippen LogP contribution in [-0.4, -0.2) is 32.7 Å². The van der Waals surface area contributed by atoms with Gasteiger partial charge >= 0.3 is 5.97 Å². The molecule has 0 radical (unpaired) electrons. The minimum atomic E-state index is -0.686. The first-order valence-electron chi connectivity index (χ1n) is 7.74. The number of nitrogens with one attached hydrogen (secondary N) is 1. The molecule has 0 fully saturated rings. The van der Waals surface area contributed by atoms with Crippen LogP contribution in [0.5, 0.6) is 11.5 Å². The third kappa shape index (κ3) is 6.20. The molecule has 142 valence electrons. The van der Waals surface area contributed by atoms with Crippen molar-refractivity contribution in [3.8, 4) is 11.5 Å². The Morgan fingerprint density at radius 3 is 2.52 bits per heavy atom. The van der Waals surface area contributed by atoms with E-state index in [1.165, 1.54) is 26.4 Å². The standard InChI is InChI=1S/C19H17Cl2NO5/c1-25-14-6-7-17(26-2)16(10-14)22-18(23)11-27-19(24)8-4-12-3-5-13(20)9-15(12)21/h3-10H,11H2,1-2H3,(H,22,23)/b8-4+. The van der Waals surface area contributed by atoms with Crippen molar-refractivity contribution in [3.63, 3.8) is 0 Å². The lowest BCUT2D eigenvalue weighted by molar-refractivity contribution is -0.142. The van der Waals surface area contributed by atoms with Crippen LogP contribution in [0.25, 0.3) is 6.08 Å². The van der Waals surface area contributed by atoms with Gasteiger partial charge in [-0.3, -0.25) is 4.79 Å². The van der Waals surface area contributed by atoms with E-state index in [0.29, 0.717) is 32.8 Å². The van der Waals surface area contributed by atoms with Crippen LogP contribution in [-0.2, 0) is 14.3 Å². The number of esters is 1. The van der Waals surface area contributed by atoms with Gasteiger partial charge in [-0.1, -0.05) is 29.3 Å². The fourth-order valence-corrected chi connectivity index (χ4v) is 2.55. The zero-order chi connectivity index (χ0) is 19.8. The Bertz CT molecular complexity index is 867. The van der Waals surface area contributed by atoms with Crippen molar-refractivity contribution in [3.05, 3.63) is 58.1 Å². The van der Waals surface area contributed by atoms with E-state index in [1.54, 1.807) is 36.4 Å². The molecule has 2 aromatic rings. The lowest BCUT2D eigenvalue weighted by Crippen LogP contribution is -2.20. The van der Waals surface area contributed by atoms with Crippen molar-refractivity contribution in [2.45, 2.75) is 0 Å². The molecule has 2 aromatic carbocycles. The molecule has 0 heterocycles. The molecule has 6 nitrogen and oxygen atoms in total. The number of anilines is 1. The van der Waals surface area contributed by atoms with Crippen LogP contribution in [0, 0.1) is 0 Å². The normalized spacial score (nSPS) is 10.5. The number of carbonyl (C=O) groups is 2. The van der Waals surface area contributed by atoms with Crippen molar-refractivity contribution in [1.82, 2.24) is 0 Å². The summed E-state index contributed by atoms with van der Waals surface area (Å²) in [5, 5.41) is 3.49. The average Bonchev–Trinajstić information content (AvgIpc) is 2.65. The molecule has 1 amide bonds. The number of hydrogen-bond acceptors (Lipinski definition) is 5. The van der Waals surface area contributed by atoms with E-state index in [9.17, 15) is 9.59 Å². The highest BCUT2D eigenvalue weighted by molar-refractivity contribution is 6.35. The summed E-state index contributed by atoms with van der Waals surface area (Å²) in [5.41, 5.74) is 1.00. The summed E-state index contributed by atoms with van der Waals surface area (Å²) < 4.78 is 15.2. The average molecular weight is 410 g/mol. The van der Waals surface area contributed by atoms with Crippen molar-refractivity contribution in [2.24, 2.45) is 0 Å². The molecule has 2 rings (SSSR count). The highest BCUT2D eigenvalue weighted by Crippen LogP contribution is 2.28. The molecular formula is C19H17Cl2NO5. The summed E-state index contributed by atoms with van der Waals surface area (Å²) >= 11 is 11.8. The Kier molecular flexibility index (Phi) is 7.52. The second kappa shape index (κ2) is 9.85. The van der Waals surface area contributed by atoms with E-state index in [4.69, 9.17) is 37.4 Å². The predicted molar refractivity (Wildman–Crippen MR) is 105 cm³/mol. The van der Waals surface area contributed by atoms with E-state index >= 15 is 0 Å². The number of hydrogen-bond donors (Lipinski definition) is 1. The van der Waals surface area contributed by atoms with Crippen LogP contribution in [0.1, 0.15) is 5.56 Å². The molecule has 0 aliphatic heterocycles. The fraction of sp³-hybridized carbons (Fsp3) is 0.158. The number of methoxy groups -OCH3 is 2. The summed E-state index contributed by atoms with van der Waals surface area (Å²) in [6, 6.07) is 9.81. The minimum Gasteiger partial charge on any atom is -0.497 e. The Labute approximate surface area is 166 Å². The predicted octanol–water partition coefficient (Wildman–Crippen LogP) is 4.21. The minimum absolute atomic E-state index is 0.398. The van der Waals surface area contributed by atoms with E-state index in [1.807, 2.05) is 0 Å². The maximum absolute atomic E-state index is 12.0. The Balaban J connectivity index is 1.91. The van der Waals surface area contributed by atoms with Gasteiger partial charge in [-0.15, -0.1) is 0 Å². The highest BCUT2D eigenvalue weighted by atomic mass is 35.5. The molecule has 27 heavy (non-hydrogen) atoms. The maximum Gasteiger partial charge on any atom is 0.331 e. The first-order chi connectivity index (χ1) is 12.9. The SMILES string of the molecule is COc1ccc(OC)c(NC(=O)COC(=O)/C=C/c2ccc(Cl)cc2Cl)c1. The molecule has 0 aromatic heterocycles. The molecule has 0 bridgehead atoms. The van der Waals surface area contributed by atoms with Crippen LogP contribution in [0.2, 0.25) is 10.0 Å². The molecule has 0 spiro atoms. The molecule has 0 atom stereocenters. The number of carbonyl (C=O) groups excluding carboxylic acids is 2. The highest BCUT2D eigenvalue weighted by Gasteiger charge is 2.11. The summed E-state index contributed by atoms with van der Waals surface area (Å²) in [4.78, 5) is 23.8. The summed E-state index contributed by atoms with van der Waals surface area (Å²) in [6.07, 6.45) is 2.65. The number of halogens is 2. The largest absolute Gasteiger partial charge is 0.497 e. The van der Waals surface area contributed by atoms with E-state index < -0.39 is 18.5 Å². The third-order valence-corrected chi connectivity index (χ3v) is 3.95. The second-order valence-electron chi connectivity index (χ2n) is 5.22. The first-order valence-corrected chi connectivity index (χ1v) is 8.50. The Morgan fingerprint density at radius 1 is 1.07 bits per heavy atom. The topological polar surface area (TPSA) is 73.9 Å². The smallest absolute Gasteiger partial charge is 0.331 e. The first kappa shape index (κ1) is 20.6. The van der Waals surface area contributed by atoms with Crippen LogP contribution < -0.4 is 14.8 Å². The van der Waals surface area contributed by atoms with Crippen molar-refractivity contribution < 1.29 is 23.8 Å². The van der Waals surface area contributed by atoms with Gasteiger partial charge in [0, 0.05) is 22.2 Å². The lowest BCUT2D eigenvalue weighted by atomic mass is 10.2. The van der Waals surface area contributed by atoms with Crippen LogP contribution in [0.3, 0.4) is 0 Å². The van der Waals surface area contributed by atoms with E-state index in [0.717, 1.165) is 0 Å². The molecule has 0 unspecified atom stereocenters. The molecular weight excluding hydrogens is 393 g/mol. The summed E-state index contributed by atoms with van der Waals surface area (Å²) in [6.45, 7) is -0.460. The van der Waals surface area contributed by atoms with Gasteiger partial charge in [-0.05, 0) is 35.9 Å². The van der Waals surface area contributed by atoms with Gasteiger partial charge < -0.3 is 19.5 Å². The van der Waals surface area contributed by atoms with E-state index in [-0.39, 0.29) is 0 Å². The molecule has 0 saturated carbocycles. The van der Waals surface area contributed by atoms with Gasteiger partial charge in [0.05, 0.1) is 19.9 Å². The van der Waals surface area contributed by atoms with E-state index in [2.05, 4.69) is 5.32 Å². The van der Waals surface area contributed by atoms with Crippen molar-refractivity contribution >= 4 is 46.8 Å². The second-order valence-corrected chi connectivity index (χ2v) is 6.06. The lowest BCUT2D eigenvalue weighted by Gasteiger charge is -2.11. The monoisotopic (exact) mass is 409 g/mol. The van der Waals surface area contributed by atoms with Gasteiger partial charge in [0.1, 0.15) is 11.5 Å². The van der Waals surface area contributed by atoms with Gasteiger partial charge in [-0.2, -0.15) is 0 Å². The van der Waals surface area contributed by atoms with Gasteiger partial charge in [0.15, 0.2) is 6.61 Å². The Hall–Kier alpha value is -2.70. The molecule has 8 heteroatoms. The number of benzene rings is 2. The van der Waals surface area contributed by atoms with Gasteiger partial charge in [-0.25, -0.2) is 4.79 Å². The quantitative estimate of drug-likeness (QED) is 0.547. The fourth-order valence-electron chi connectivity index (χ4n) is 2.08. The van der Waals surface area contributed by atoms with Crippen LogP contribution in [0.15, 0.2) is 42.5 Å². The zero-order valence-corrected chi connectivity index (χ0v) is 16.1. The van der Waals surface area contributed by atoms with Crippen LogP contribution in [0.4, 0.5) is 5.69 Å². The molecule has 0 aliphatic rings. The van der Waals surface area contributed by atoms with Crippen LogP contribution >= 0.6 is 23.2 Å². The zero-order valence-electron chi connectivity index (χ0n) is 14.6. The summed E-state index contributed by atoms with van der Waals surface area (Å²) in [5.74, 6) is -0.208. The van der Waals surface area contributed by atoms with Crippen molar-refractivity contribution in [1.29, 1.82) is 0 Å². The third-order valence-electron chi connectivity index (χ3n) is 3.39. The molecule has 0 aliphatic carbocycles. The Morgan fingerprint density at radius 2 is 1.85 bits per heavy atom. The number of amides is 1. The van der Waals surface area contributed by atoms with Crippen molar-refractivity contribution in [2.75, 3.05) is 26.1 Å².